The number of hydrogen-bond acceptors (Lipinski definition) is 2. The first-order valence-corrected chi connectivity index (χ1v) is 6.38. The van der Waals surface area contributed by atoms with Gasteiger partial charge in [0.25, 0.3) is 0 Å². The average molecular weight is 227 g/mol. The Labute approximate surface area is 98.6 Å². The van der Waals surface area contributed by atoms with E-state index < -0.39 is 11.5 Å². The highest BCUT2D eigenvalue weighted by Gasteiger charge is 2.47. The van der Waals surface area contributed by atoms with Gasteiger partial charge in [-0.1, -0.05) is 40.5 Å². The molecule has 1 fully saturated rings. The average Bonchev–Trinajstić information content (AvgIpc) is 2.20. The smallest absolute Gasteiger partial charge is 0.324 e. The fraction of sp³-hybridized carbons (Fsp3) is 0.923. The van der Waals surface area contributed by atoms with Gasteiger partial charge in [0.1, 0.15) is 5.54 Å². The van der Waals surface area contributed by atoms with Crippen molar-refractivity contribution in [2.24, 2.45) is 17.8 Å². The molecule has 0 aromatic heterocycles. The molecule has 0 spiro atoms. The fourth-order valence-electron chi connectivity index (χ4n) is 2.68. The Hall–Kier alpha value is -0.570. The van der Waals surface area contributed by atoms with Gasteiger partial charge < -0.3 is 10.4 Å². The van der Waals surface area contributed by atoms with Crippen molar-refractivity contribution in [3.63, 3.8) is 0 Å². The molecule has 1 aliphatic rings. The summed E-state index contributed by atoms with van der Waals surface area (Å²) in [5.74, 6) is 0.509. The molecule has 2 N–H and O–H groups in total. The molecule has 0 amide bonds. The molecule has 0 aromatic rings. The van der Waals surface area contributed by atoms with E-state index in [1.54, 1.807) is 0 Å². The van der Waals surface area contributed by atoms with Gasteiger partial charge in [0, 0.05) is 0 Å². The van der Waals surface area contributed by atoms with Crippen LogP contribution in [0.2, 0.25) is 0 Å². The summed E-state index contributed by atoms with van der Waals surface area (Å²) in [5, 5.41) is 12.8. The molecule has 3 nitrogen and oxygen atoms in total. The van der Waals surface area contributed by atoms with E-state index in [2.05, 4.69) is 33.0 Å². The molecule has 1 rings (SSSR count). The van der Waals surface area contributed by atoms with Crippen molar-refractivity contribution in [3.05, 3.63) is 0 Å². The normalized spacial score (nSPS) is 35.3. The van der Waals surface area contributed by atoms with Crippen LogP contribution >= 0.6 is 0 Å². The lowest BCUT2D eigenvalue weighted by atomic mass is 9.68. The van der Waals surface area contributed by atoms with Crippen LogP contribution in [0.15, 0.2) is 0 Å². The van der Waals surface area contributed by atoms with Gasteiger partial charge in [-0.3, -0.25) is 4.79 Å². The highest BCUT2D eigenvalue weighted by molar-refractivity contribution is 5.79. The summed E-state index contributed by atoms with van der Waals surface area (Å²) in [4.78, 5) is 11.6. The zero-order chi connectivity index (χ0) is 12.3. The number of hydrogen-bond donors (Lipinski definition) is 2. The van der Waals surface area contributed by atoms with Gasteiger partial charge in [-0.05, 0) is 30.7 Å². The minimum atomic E-state index is -0.693. The molecule has 0 radical (unpaired) electrons. The Bertz CT molecular complexity index is 252. The summed E-state index contributed by atoms with van der Waals surface area (Å²) in [7, 11) is 0. The van der Waals surface area contributed by atoms with Crippen molar-refractivity contribution < 1.29 is 9.90 Å². The van der Waals surface area contributed by atoms with Crippen molar-refractivity contribution in [1.82, 2.24) is 5.32 Å². The third-order valence-corrected chi connectivity index (χ3v) is 4.07. The summed E-state index contributed by atoms with van der Waals surface area (Å²) in [6.45, 7) is 9.24. The monoisotopic (exact) mass is 227 g/mol. The summed E-state index contributed by atoms with van der Waals surface area (Å²) < 4.78 is 0. The van der Waals surface area contributed by atoms with Crippen molar-refractivity contribution >= 4 is 5.97 Å². The van der Waals surface area contributed by atoms with Crippen LogP contribution in [0.1, 0.15) is 47.0 Å². The fourth-order valence-corrected chi connectivity index (χ4v) is 2.68. The second-order valence-corrected chi connectivity index (χ2v) is 5.71. The first kappa shape index (κ1) is 13.5. The highest BCUT2D eigenvalue weighted by atomic mass is 16.4. The molecule has 3 atom stereocenters. The Balaban J connectivity index is 2.82. The minimum Gasteiger partial charge on any atom is -0.480 e. The van der Waals surface area contributed by atoms with Crippen molar-refractivity contribution in [1.29, 1.82) is 0 Å². The number of nitrogens with one attached hydrogen (secondary N) is 1. The van der Waals surface area contributed by atoms with Crippen LogP contribution < -0.4 is 5.32 Å². The lowest BCUT2D eigenvalue weighted by molar-refractivity contribution is -0.150. The third kappa shape index (κ3) is 2.57. The van der Waals surface area contributed by atoms with Gasteiger partial charge in [0.2, 0.25) is 0 Å². The van der Waals surface area contributed by atoms with Crippen LogP contribution in [0.3, 0.4) is 0 Å². The van der Waals surface area contributed by atoms with Gasteiger partial charge in [-0.15, -0.1) is 0 Å². The van der Waals surface area contributed by atoms with E-state index in [1.165, 1.54) is 0 Å². The summed E-state index contributed by atoms with van der Waals surface area (Å²) in [5.41, 5.74) is -0.693. The summed E-state index contributed by atoms with van der Waals surface area (Å²) >= 11 is 0. The van der Waals surface area contributed by atoms with Crippen LogP contribution in [0.25, 0.3) is 0 Å². The number of carboxylic acid groups (broad SMARTS) is 1. The van der Waals surface area contributed by atoms with Gasteiger partial charge in [-0.2, -0.15) is 0 Å². The van der Waals surface area contributed by atoms with Crippen LogP contribution in [-0.4, -0.2) is 23.2 Å². The predicted octanol–water partition coefficient (Wildman–Crippen LogP) is 2.51. The maximum atomic E-state index is 11.6. The maximum Gasteiger partial charge on any atom is 0.324 e. The summed E-state index contributed by atoms with van der Waals surface area (Å²) in [6.07, 6.45) is 2.93. The number of aliphatic carboxylic acids is 1. The number of carboxylic acids is 1. The number of carbonyl (C=O) groups is 1. The van der Waals surface area contributed by atoms with Crippen molar-refractivity contribution in [2.45, 2.75) is 52.5 Å². The van der Waals surface area contributed by atoms with E-state index in [4.69, 9.17) is 0 Å². The standard InChI is InChI=1S/C13H25NO2/c1-9(2)8-14-13(12(15)16)7-5-6-10(3)11(13)4/h9-11,14H,5-8H2,1-4H3,(H,15,16). The predicted molar refractivity (Wildman–Crippen MR) is 65.4 cm³/mol. The van der Waals surface area contributed by atoms with Gasteiger partial charge in [0.15, 0.2) is 0 Å². The lowest BCUT2D eigenvalue weighted by Gasteiger charge is -2.43. The quantitative estimate of drug-likeness (QED) is 0.776. The molecular formula is C13H25NO2. The molecule has 1 saturated carbocycles. The molecule has 16 heavy (non-hydrogen) atoms. The molecule has 0 aliphatic heterocycles. The Kier molecular flexibility index (Phi) is 4.36. The summed E-state index contributed by atoms with van der Waals surface area (Å²) in [6, 6.07) is 0. The minimum absolute atomic E-state index is 0.206. The molecule has 94 valence electrons. The maximum absolute atomic E-state index is 11.6. The first-order valence-electron chi connectivity index (χ1n) is 6.38. The second kappa shape index (κ2) is 5.17. The van der Waals surface area contributed by atoms with Gasteiger partial charge >= 0.3 is 5.97 Å². The van der Waals surface area contributed by atoms with Crippen molar-refractivity contribution in [2.75, 3.05) is 6.54 Å². The molecule has 3 heteroatoms. The van der Waals surface area contributed by atoms with E-state index in [0.717, 1.165) is 25.8 Å². The Morgan fingerprint density at radius 2 is 2.12 bits per heavy atom. The van der Waals surface area contributed by atoms with E-state index >= 15 is 0 Å². The van der Waals surface area contributed by atoms with E-state index in [0.29, 0.717) is 11.8 Å². The van der Waals surface area contributed by atoms with Crippen LogP contribution in [0.4, 0.5) is 0 Å². The van der Waals surface area contributed by atoms with Gasteiger partial charge in [-0.25, -0.2) is 0 Å². The molecule has 0 saturated heterocycles. The van der Waals surface area contributed by atoms with E-state index in [-0.39, 0.29) is 5.92 Å². The third-order valence-electron chi connectivity index (χ3n) is 4.07. The van der Waals surface area contributed by atoms with E-state index in [9.17, 15) is 9.90 Å². The second-order valence-electron chi connectivity index (χ2n) is 5.71. The molecule has 0 aromatic carbocycles. The van der Waals surface area contributed by atoms with Gasteiger partial charge in [0.05, 0.1) is 0 Å². The molecule has 0 heterocycles. The first-order chi connectivity index (χ1) is 7.40. The Morgan fingerprint density at radius 3 is 2.62 bits per heavy atom. The molecule has 0 bridgehead atoms. The topological polar surface area (TPSA) is 49.3 Å². The zero-order valence-corrected chi connectivity index (χ0v) is 10.9. The lowest BCUT2D eigenvalue weighted by Crippen LogP contribution is -2.60. The van der Waals surface area contributed by atoms with E-state index in [1.807, 2.05) is 0 Å². The largest absolute Gasteiger partial charge is 0.480 e. The number of rotatable bonds is 4. The molecular weight excluding hydrogens is 202 g/mol. The molecule has 3 unspecified atom stereocenters. The van der Waals surface area contributed by atoms with Crippen LogP contribution in [0.5, 0.6) is 0 Å². The van der Waals surface area contributed by atoms with Crippen LogP contribution in [0, 0.1) is 17.8 Å². The van der Waals surface area contributed by atoms with Crippen molar-refractivity contribution in [3.8, 4) is 0 Å². The zero-order valence-electron chi connectivity index (χ0n) is 10.9. The van der Waals surface area contributed by atoms with Crippen LogP contribution in [-0.2, 0) is 4.79 Å². The Morgan fingerprint density at radius 1 is 1.50 bits per heavy atom. The highest BCUT2D eigenvalue weighted by Crippen LogP contribution is 2.38. The SMILES string of the molecule is CC(C)CNC1(C(=O)O)CCCC(C)C1C. The molecule has 1 aliphatic carbocycles.